The second-order valence-corrected chi connectivity index (χ2v) is 9.31. The van der Waals surface area contributed by atoms with Crippen molar-refractivity contribution in [3.63, 3.8) is 0 Å². The fourth-order valence-corrected chi connectivity index (χ4v) is 4.54. The van der Waals surface area contributed by atoms with Crippen LogP contribution in [0, 0.1) is 0 Å². The second-order valence-electron chi connectivity index (χ2n) is 8.00. The van der Waals surface area contributed by atoms with E-state index in [0.29, 0.717) is 5.52 Å². The number of hydrogen-bond acceptors (Lipinski definition) is 4. The number of nitrogens with one attached hydrogen (secondary N) is 1. The van der Waals surface area contributed by atoms with Crippen LogP contribution < -0.4 is 10.9 Å². The van der Waals surface area contributed by atoms with E-state index in [0.717, 1.165) is 34.0 Å². The van der Waals surface area contributed by atoms with Crippen molar-refractivity contribution >= 4 is 28.6 Å². The van der Waals surface area contributed by atoms with Gasteiger partial charge < -0.3 is 5.32 Å². The lowest BCUT2D eigenvalue weighted by Crippen LogP contribution is -2.33. The van der Waals surface area contributed by atoms with Crippen molar-refractivity contribution in [1.29, 1.82) is 0 Å². The molecule has 3 aromatic carbocycles. The molecule has 0 aliphatic carbocycles. The number of thioether (sulfide) groups is 1. The Morgan fingerprint density at radius 3 is 2.37 bits per heavy atom. The standard InChI is InChI=1S/C26H22F3N3O2S/c1-16(18-9-4-3-5-10-18)30-23(33)17(2)35-25-31-22-14-7-6-13-21(22)24(34)32(25)20-12-8-11-19(15-20)26(27,28)29/h3-17H,1-2H3,(H,30,33). The Balaban J connectivity index is 1.72. The van der Waals surface area contributed by atoms with Crippen molar-refractivity contribution in [1.82, 2.24) is 14.9 Å². The van der Waals surface area contributed by atoms with Crippen LogP contribution in [0.5, 0.6) is 0 Å². The zero-order chi connectivity index (χ0) is 25.2. The summed E-state index contributed by atoms with van der Waals surface area (Å²) in [6.45, 7) is 3.52. The molecule has 0 spiro atoms. The molecule has 0 saturated carbocycles. The highest BCUT2D eigenvalue weighted by Gasteiger charge is 2.31. The molecule has 1 amide bonds. The third kappa shape index (κ3) is 5.40. The van der Waals surface area contributed by atoms with Crippen molar-refractivity contribution in [2.45, 2.75) is 36.5 Å². The Bertz CT molecular complexity index is 1420. The molecular formula is C26H22F3N3O2S. The van der Waals surface area contributed by atoms with Gasteiger partial charge in [-0.2, -0.15) is 13.2 Å². The maximum atomic E-state index is 13.4. The summed E-state index contributed by atoms with van der Waals surface area (Å²) in [6.07, 6.45) is -4.57. The lowest BCUT2D eigenvalue weighted by molar-refractivity contribution is -0.137. The molecule has 9 heteroatoms. The van der Waals surface area contributed by atoms with E-state index in [-0.39, 0.29) is 28.2 Å². The Labute approximate surface area is 204 Å². The molecule has 180 valence electrons. The van der Waals surface area contributed by atoms with Crippen molar-refractivity contribution in [3.05, 3.63) is 100 Å². The summed E-state index contributed by atoms with van der Waals surface area (Å²) in [7, 11) is 0. The minimum absolute atomic E-state index is 0.0239. The molecule has 0 fully saturated rings. The van der Waals surface area contributed by atoms with E-state index >= 15 is 0 Å². The molecule has 35 heavy (non-hydrogen) atoms. The van der Waals surface area contributed by atoms with Gasteiger partial charge in [-0.1, -0.05) is 60.3 Å². The van der Waals surface area contributed by atoms with Gasteiger partial charge in [0.05, 0.1) is 33.4 Å². The molecule has 5 nitrogen and oxygen atoms in total. The van der Waals surface area contributed by atoms with E-state index in [2.05, 4.69) is 10.3 Å². The van der Waals surface area contributed by atoms with Gasteiger partial charge in [0, 0.05) is 0 Å². The van der Waals surface area contributed by atoms with Crippen molar-refractivity contribution in [2.75, 3.05) is 0 Å². The maximum Gasteiger partial charge on any atom is 0.416 e. The molecular weight excluding hydrogens is 475 g/mol. The topological polar surface area (TPSA) is 64.0 Å². The van der Waals surface area contributed by atoms with Crippen LogP contribution in [0.15, 0.2) is 88.8 Å². The third-order valence-electron chi connectivity index (χ3n) is 5.49. The zero-order valence-electron chi connectivity index (χ0n) is 18.9. The largest absolute Gasteiger partial charge is 0.416 e. The molecule has 0 aliphatic rings. The summed E-state index contributed by atoms with van der Waals surface area (Å²) >= 11 is 1.01. The number of alkyl halides is 3. The molecule has 1 aromatic heterocycles. The van der Waals surface area contributed by atoms with Crippen LogP contribution in [0.1, 0.15) is 31.0 Å². The molecule has 0 saturated heterocycles. The SMILES string of the molecule is CC(Sc1nc2ccccc2c(=O)n1-c1cccc(C(F)(F)F)c1)C(=O)NC(C)c1ccccc1. The summed E-state index contributed by atoms with van der Waals surface area (Å²) in [4.78, 5) is 30.8. The normalized spacial score (nSPS) is 13.4. The number of halogens is 3. The van der Waals surface area contributed by atoms with Crippen molar-refractivity contribution in [2.24, 2.45) is 0 Å². The number of benzene rings is 3. The molecule has 1 N–H and O–H groups in total. The van der Waals surface area contributed by atoms with Crippen LogP contribution in [0.4, 0.5) is 13.2 Å². The first-order valence-corrected chi connectivity index (χ1v) is 11.7. The van der Waals surface area contributed by atoms with Crippen LogP contribution >= 0.6 is 11.8 Å². The first-order valence-electron chi connectivity index (χ1n) is 10.9. The monoisotopic (exact) mass is 497 g/mol. The molecule has 2 unspecified atom stereocenters. The molecule has 2 atom stereocenters. The summed E-state index contributed by atoms with van der Waals surface area (Å²) in [6, 6.07) is 20.3. The van der Waals surface area contributed by atoms with Gasteiger partial charge in [0.25, 0.3) is 5.56 Å². The molecule has 1 heterocycles. The van der Waals surface area contributed by atoms with Crippen molar-refractivity contribution in [3.8, 4) is 5.69 Å². The fraction of sp³-hybridized carbons (Fsp3) is 0.192. The minimum atomic E-state index is -4.57. The smallest absolute Gasteiger partial charge is 0.349 e. The number of aromatic nitrogens is 2. The van der Waals surface area contributed by atoms with Gasteiger partial charge >= 0.3 is 6.18 Å². The van der Waals surface area contributed by atoms with E-state index in [9.17, 15) is 22.8 Å². The second kappa shape index (κ2) is 9.95. The van der Waals surface area contributed by atoms with Gasteiger partial charge in [-0.3, -0.25) is 14.2 Å². The summed E-state index contributed by atoms with van der Waals surface area (Å²) < 4.78 is 41.2. The number of amides is 1. The quantitative estimate of drug-likeness (QED) is 0.272. The molecule has 0 aliphatic heterocycles. The molecule has 4 rings (SSSR count). The van der Waals surface area contributed by atoms with E-state index in [1.807, 2.05) is 37.3 Å². The Kier molecular flexibility index (Phi) is 6.98. The number of carbonyl (C=O) groups excluding carboxylic acids is 1. The van der Waals surface area contributed by atoms with Crippen molar-refractivity contribution < 1.29 is 18.0 Å². The highest BCUT2D eigenvalue weighted by Crippen LogP contribution is 2.32. The predicted molar refractivity (Wildman–Crippen MR) is 131 cm³/mol. The lowest BCUT2D eigenvalue weighted by atomic mass is 10.1. The Morgan fingerprint density at radius 2 is 1.66 bits per heavy atom. The average Bonchev–Trinajstić information content (AvgIpc) is 2.84. The minimum Gasteiger partial charge on any atom is -0.349 e. The Morgan fingerprint density at radius 1 is 0.971 bits per heavy atom. The van der Waals surface area contributed by atoms with Crippen LogP contribution in [0.25, 0.3) is 16.6 Å². The molecule has 0 bridgehead atoms. The lowest BCUT2D eigenvalue weighted by Gasteiger charge is -2.19. The molecule has 0 radical (unpaired) electrons. The summed E-state index contributed by atoms with van der Waals surface area (Å²) in [5.74, 6) is -0.288. The van der Waals surface area contributed by atoms with Crippen LogP contribution in [0.3, 0.4) is 0 Å². The van der Waals surface area contributed by atoms with Gasteiger partial charge in [-0.05, 0) is 49.7 Å². The van der Waals surface area contributed by atoms with E-state index < -0.39 is 22.5 Å². The predicted octanol–water partition coefficient (Wildman–Crippen LogP) is 5.76. The van der Waals surface area contributed by atoms with Crippen LogP contribution in [-0.4, -0.2) is 20.7 Å². The van der Waals surface area contributed by atoms with E-state index in [1.54, 1.807) is 31.2 Å². The van der Waals surface area contributed by atoms with E-state index in [4.69, 9.17) is 0 Å². The number of fused-ring (bicyclic) bond motifs is 1. The number of rotatable bonds is 6. The first-order chi connectivity index (χ1) is 16.6. The summed E-state index contributed by atoms with van der Waals surface area (Å²) in [5, 5.41) is 2.65. The van der Waals surface area contributed by atoms with Gasteiger partial charge in [0.1, 0.15) is 0 Å². The van der Waals surface area contributed by atoms with Gasteiger partial charge in [-0.25, -0.2) is 4.98 Å². The maximum absolute atomic E-state index is 13.4. The summed E-state index contributed by atoms with van der Waals surface area (Å²) in [5.41, 5.74) is -0.0387. The highest BCUT2D eigenvalue weighted by molar-refractivity contribution is 8.00. The fourth-order valence-electron chi connectivity index (χ4n) is 3.61. The number of carbonyl (C=O) groups is 1. The third-order valence-corrected chi connectivity index (χ3v) is 6.54. The number of para-hydroxylation sites is 1. The van der Waals surface area contributed by atoms with Gasteiger partial charge in [-0.15, -0.1) is 0 Å². The van der Waals surface area contributed by atoms with Crippen LogP contribution in [-0.2, 0) is 11.0 Å². The molecule has 4 aromatic rings. The van der Waals surface area contributed by atoms with Crippen LogP contribution in [0.2, 0.25) is 0 Å². The Hall–Kier alpha value is -3.59. The first kappa shape index (κ1) is 24.5. The zero-order valence-corrected chi connectivity index (χ0v) is 19.7. The average molecular weight is 498 g/mol. The van der Waals surface area contributed by atoms with Gasteiger partial charge in [0.2, 0.25) is 5.91 Å². The number of nitrogens with zero attached hydrogens (tertiary/aromatic N) is 2. The van der Waals surface area contributed by atoms with Gasteiger partial charge in [0.15, 0.2) is 5.16 Å². The van der Waals surface area contributed by atoms with E-state index in [1.165, 1.54) is 12.1 Å². The number of hydrogen-bond donors (Lipinski definition) is 1. The highest BCUT2D eigenvalue weighted by atomic mass is 32.2.